The van der Waals surface area contributed by atoms with Gasteiger partial charge in [0.1, 0.15) is 5.76 Å². The number of nitrogens with zero attached hydrogens (tertiary/aromatic N) is 3. The van der Waals surface area contributed by atoms with Crippen LogP contribution >= 0.6 is 0 Å². The summed E-state index contributed by atoms with van der Waals surface area (Å²) in [4.78, 5) is 21.0. The number of rotatable bonds is 3. The number of carbonyl (C=O) groups excluding carboxylic acids is 1. The largest absolute Gasteiger partial charge is 0.444 e. The van der Waals surface area contributed by atoms with Gasteiger partial charge in [0.05, 0.1) is 24.8 Å². The molecule has 2 aliphatic heterocycles. The molecule has 21 heavy (non-hydrogen) atoms. The van der Waals surface area contributed by atoms with Crippen molar-refractivity contribution in [2.24, 2.45) is 5.92 Å². The predicted molar refractivity (Wildman–Crippen MR) is 76.8 cm³/mol. The summed E-state index contributed by atoms with van der Waals surface area (Å²) in [7, 11) is 0. The molecule has 0 spiro atoms. The summed E-state index contributed by atoms with van der Waals surface area (Å²) >= 11 is 0. The standard InChI is InChI=1S/C15H23N3O3/c1-11-12(2)21-14(16-11)9-17-4-6-18(7-5-17)15(19)13-3-8-20-10-13/h13H,3-10H2,1-2H3/t13-/m1/s1. The van der Waals surface area contributed by atoms with E-state index in [0.29, 0.717) is 6.61 Å². The maximum Gasteiger partial charge on any atom is 0.228 e. The van der Waals surface area contributed by atoms with Gasteiger partial charge in [0.25, 0.3) is 0 Å². The van der Waals surface area contributed by atoms with Crippen molar-refractivity contribution in [1.82, 2.24) is 14.8 Å². The van der Waals surface area contributed by atoms with Gasteiger partial charge in [-0.1, -0.05) is 0 Å². The predicted octanol–water partition coefficient (Wildman–Crippen LogP) is 0.972. The van der Waals surface area contributed by atoms with Gasteiger partial charge in [0.2, 0.25) is 11.8 Å². The van der Waals surface area contributed by atoms with Crippen molar-refractivity contribution in [1.29, 1.82) is 0 Å². The SMILES string of the molecule is Cc1nc(CN2CCN(C(=O)[C@@H]3CCOC3)CC2)oc1C. The third-order valence-corrected chi connectivity index (χ3v) is 4.39. The van der Waals surface area contributed by atoms with Crippen molar-refractivity contribution >= 4 is 5.91 Å². The van der Waals surface area contributed by atoms with Gasteiger partial charge in [-0.25, -0.2) is 4.98 Å². The van der Waals surface area contributed by atoms with E-state index in [9.17, 15) is 4.79 Å². The molecule has 2 fully saturated rings. The number of piperazine rings is 1. The first-order valence-electron chi connectivity index (χ1n) is 7.65. The smallest absolute Gasteiger partial charge is 0.228 e. The molecule has 1 aromatic rings. The van der Waals surface area contributed by atoms with Gasteiger partial charge in [-0.2, -0.15) is 0 Å². The lowest BCUT2D eigenvalue weighted by molar-refractivity contribution is -0.137. The Morgan fingerprint density at radius 2 is 2.05 bits per heavy atom. The Balaban J connectivity index is 1.49. The van der Waals surface area contributed by atoms with E-state index in [1.165, 1.54) is 0 Å². The molecular weight excluding hydrogens is 270 g/mol. The highest BCUT2D eigenvalue weighted by Gasteiger charge is 2.30. The van der Waals surface area contributed by atoms with E-state index in [-0.39, 0.29) is 11.8 Å². The summed E-state index contributed by atoms with van der Waals surface area (Å²) in [6.07, 6.45) is 0.869. The van der Waals surface area contributed by atoms with Crippen LogP contribution in [-0.2, 0) is 16.1 Å². The van der Waals surface area contributed by atoms with Gasteiger partial charge in [0.15, 0.2) is 0 Å². The van der Waals surface area contributed by atoms with Crippen LogP contribution in [-0.4, -0.2) is 60.1 Å². The number of carbonyl (C=O) groups is 1. The lowest BCUT2D eigenvalue weighted by Gasteiger charge is -2.35. The monoisotopic (exact) mass is 293 g/mol. The van der Waals surface area contributed by atoms with Crippen molar-refractivity contribution in [3.05, 3.63) is 17.3 Å². The zero-order valence-electron chi connectivity index (χ0n) is 12.8. The van der Waals surface area contributed by atoms with Gasteiger partial charge < -0.3 is 14.1 Å². The third kappa shape index (κ3) is 3.27. The molecule has 1 amide bonds. The number of ether oxygens (including phenoxy) is 1. The van der Waals surface area contributed by atoms with E-state index in [0.717, 1.165) is 63.1 Å². The molecule has 0 bridgehead atoms. The maximum atomic E-state index is 12.3. The molecule has 116 valence electrons. The fourth-order valence-corrected chi connectivity index (χ4v) is 2.91. The second-order valence-corrected chi connectivity index (χ2v) is 5.91. The quantitative estimate of drug-likeness (QED) is 0.831. The van der Waals surface area contributed by atoms with Crippen LogP contribution in [0.5, 0.6) is 0 Å². The minimum atomic E-state index is 0.0774. The summed E-state index contributed by atoms with van der Waals surface area (Å²) in [5.41, 5.74) is 0.958. The normalized spacial score (nSPS) is 23.7. The Bertz CT molecular complexity index is 481. The summed E-state index contributed by atoms with van der Waals surface area (Å²) < 4.78 is 10.9. The molecule has 1 atom stereocenters. The second kappa shape index (κ2) is 6.15. The van der Waals surface area contributed by atoms with Crippen LogP contribution in [0.25, 0.3) is 0 Å². The second-order valence-electron chi connectivity index (χ2n) is 5.91. The Kier molecular flexibility index (Phi) is 4.26. The lowest BCUT2D eigenvalue weighted by Crippen LogP contribution is -2.50. The molecule has 6 heteroatoms. The molecule has 6 nitrogen and oxygen atoms in total. The molecule has 0 saturated carbocycles. The van der Waals surface area contributed by atoms with E-state index in [1.807, 2.05) is 18.7 Å². The fourth-order valence-electron chi connectivity index (χ4n) is 2.91. The molecule has 3 rings (SSSR count). The van der Waals surface area contributed by atoms with Gasteiger partial charge in [-0.15, -0.1) is 0 Å². The highest BCUT2D eigenvalue weighted by Crippen LogP contribution is 2.18. The van der Waals surface area contributed by atoms with Crippen LogP contribution in [0.3, 0.4) is 0 Å². The Morgan fingerprint density at radius 1 is 1.29 bits per heavy atom. The number of amides is 1. The summed E-state index contributed by atoms with van der Waals surface area (Å²) in [5, 5.41) is 0. The number of hydrogen-bond acceptors (Lipinski definition) is 5. The first kappa shape index (κ1) is 14.5. The highest BCUT2D eigenvalue weighted by atomic mass is 16.5. The van der Waals surface area contributed by atoms with Crippen LogP contribution in [0.15, 0.2) is 4.42 Å². The van der Waals surface area contributed by atoms with Crippen molar-refractivity contribution in [3.63, 3.8) is 0 Å². The van der Waals surface area contributed by atoms with Crippen molar-refractivity contribution < 1.29 is 13.9 Å². The Hall–Kier alpha value is -1.40. The van der Waals surface area contributed by atoms with E-state index in [1.54, 1.807) is 0 Å². The average molecular weight is 293 g/mol. The fraction of sp³-hybridized carbons (Fsp3) is 0.733. The van der Waals surface area contributed by atoms with E-state index in [4.69, 9.17) is 9.15 Å². The van der Waals surface area contributed by atoms with E-state index >= 15 is 0 Å². The van der Waals surface area contributed by atoms with Crippen LogP contribution in [0, 0.1) is 19.8 Å². The first-order chi connectivity index (χ1) is 10.1. The molecule has 3 heterocycles. The van der Waals surface area contributed by atoms with Crippen LogP contribution in [0.1, 0.15) is 23.8 Å². The number of aromatic nitrogens is 1. The number of aryl methyl sites for hydroxylation is 2. The van der Waals surface area contributed by atoms with Crippen molar-refractivity contribution in [2.45, 2.75) is 26.8 Å². The van der Waals surface area contributed by atoms with Crippen molar-refractivity contribution in [2.75, 3.05) is 39.4 Å². The highest BCUT2D eigenvalue weighted by molar-refractivity contribution is 5.79. The summed E-state index contributed by atoms with van der Waals surface area (Å²) in [6, 6.07) is 0. The van der Waals surface area contributed by atoms with Gasteiger partial charge >= 0.3 is 0 Å². The molecule has 0 unspecified atom stereocenters. The summed E-state index contributed by atoms with van der Waals surface area (Å²) in [5.74, 6) is 2.00. The van der Waals surface area contributed by atoms with E-state index < -0.39 is 0 Å². The lowest BCUT2D eigenvalue weighted by atomic mass is 10.1. The first-order valence-corrected chi connectivity index (χ1v) is 7.65. The molecule has 0 aliphatic carbocycles. The average Bonchev–Trinajstić information content (AvgIpc) is 3.10. The van der Waals surface area contributed by atoms with E-state index in [2.05, 4.69) is 9.88 Å². The molecule has 1 aromatic heterocycles. The van der Waals surface area contributed by atoms with Crippen LogP contribution in [0.4, 0.5) is 0 Å². The molecule has 2 saturated heterocycles. The van der Waals surface area contributed by atoms with Gasteiger partial charge in [-0.3, -0.25) is 9.69 Å². The third-order valence-electron chi connectivity index (χ3n) is 4.39. The minimum absolute atomic E-state index is 0.0774. The van der Waals surface area contributed by atoms with Crippen LogP contribution in [0.2, 0.25) is 0 Å². The zero-order valence-corrected chi connectivity index (χ0v) is 12.8. The number of oxazole rings is 1. The minimum Gasteiger partial charge on any atom is -0.444 e. The van der Waals surface area contributed by atoms with Gasteiger partial charge in [0, 0.05) is 32.8 Å². The number of hydrogen-bond donors (Lipinski definition) is 0. The maximum absolute atomic E-state index is 12.3. The molecule has 0 aromatic carbocycles. The molecular formula is C15H23N3O3. The summed E-state index contributed by atoms with van der Waals surface area (Å²) in [6.45, 7) is 9.26. The Labute approximate surface area is 125 Å². The molecule has 0 N–H and O–H groups in total. The van der Waals surface area contributed by atoms with Crippen LogP contribution < -0.4 is 0 Å². The topological polar surface area (TPSA) is 58.8 Å². The Morgan fingerprint density at radius 3 is 2.62 bits per heavy atom. The zero-order chi connectivity index (χ0) is 14.8. The van der Waals surface area contributed by atoms with Crippen molar-refractivity contribution in [3.8, 4) is 0 Å². The molecule has 2 aliphatic rings. The van der Waals surface area contributed by atoms with Gasteiger partial charge in [-0.05, 0) is 20.3 Å². The molecule has 0 radical (unpaired) electrons.